The van der Waals surface area contributed by atoms with Crippen LogP contribution in [0, 0.1) is 0 Å². The van der Waals surface area contributed by atoms with Crippen molar-refractivity contribution in [2.75, 3.05) is 26.7 Å². The minimum atomic E-state index is -0.351. The van der Waals surface area contributed by atoms with Gasteiger partial charge >= 0.3 is 0 Å². The van der Waals surface area contributed by atoms with Gasteiger partial charge in [-0.05, 0) is 19.8 Å². The summed E-state index contributed by atoms with van der Waals surface area (Å²) in [5, 5.41) is 0. The van der Waals surface area contributed by atoms with Gasteiger partial charge in [-0.3, -0.25) is 9.59 Å². The van der Waals surface area contributed by atoms with Gasteiger partial charge in [-0.25, -0.2) is 0 Å². The summed E-state index contributed by atoms with van der Waals surface area (Å²) in [5.41, 5.74) is 0. The molecule has 0 aromatic rings. The average Bonchev–Trinajstić information content (AvgIpc) is 2.79. The van der Waals surface area contributed by atoms with Gasteiger partial charge in [-0.15, -0.1) is 0 Å². The average molecular weight is 226 g/mol. The third-order valence-electron chi connectivity index (χ3n) is 3.37. The predicted octanol–water partition coefficient (Wildman–Crippen LogP) is -0.146. The number of rotatable bonds is 1. The molecule has 0 aromatic heterocycles. The van der Waals surface area contributed by atoms with Gasteiger partial charge in [0, 0.05) is 26.7 Å². The fraction of sp³-hybridized carbons (Fsp3) is 0.818. The molecule has 2 atom stereocenters. The van der Waals surface area contributed by atoms with Crippen LogP contribution >= 0.6 is 0 Å². The Labute approximate surface area is 95.3 Å². The Morgan fingerprint density at radius 1 is 1.44 bits per heavy atom. The van der Waals surface area contributed by atoms with E-state index in [1.165, 1.54) is 0 Å². The van der Waals surface area contributed by atoms with Crippen molar-refractivity contribution in [3.8, 4) is 0 Å². The van der Waals surface area contributed by atoms with Gasteiger partial charge in [0.2, 0.25) is 5.91 Å². The molecule has 2 fully saturated rings. The van der Waals surface area contributed by atoms with Crippen LogP contribution in [0.2, 0.25) is 0 Å². The van der Waals surface area contributed by atoms with E-state index in [0.717, 1.165) is 12.8 Å². The Hall–Kier alpha value is -1.10. The number of ether oxygens (including phenoxy) is 1. The van der Waals surface area contributed by atoms with Crippen molar-refractivity contribution < 1.29 is 14.3 Å². The van der Waals surface area contributed by atoms with Gasteiger partial charge in [0.05, 0.1) is 0 Å². The second-order valence-electron chi connectivity index (χ2n) is 4.47. The van der Waals surface area contributed by atoms with E-state index in [1.807, 2.05) is 0 Å². The molecule has 0 aliphatic carbocycles. The summed E-state index contributed by atoms with van der Waals surface area (Å²) < 4.78 is 5.36. The van der Waals surface area contributed by atoms with E-state index in [1.54, 1.807) is 23.8 Å². The summed E-state index contributed by atoms with van der Waals surface area (Å²) >= 11 is 0. The zero-order valence-corrected chi connectivity index (χ0v) is 9.81. The van der Waals surface area contributed by atoms with Crippen molar-refractivity contribution in [2.24, 2.45) is 0 Å². The van der Waals surface area contributed by atoms with Gasteiger partial charge in [-0.1, -0.05) is 0 Å². The van der Waals surface area contributed by atoms with Crippen LogP contribution in [-0.2, 0) is 14.3 Å². The summed E-state index contributed by atoms with van der Waals surface area (Å²) in [4.78, 5) is 27.2. The van der Waals surface area contributed by atoms with Crippen molar-refractivity contribution in [3.05, 3.63) is 0 Å². The molecule has 2 unspecified atom stereocenters. The molecular formula is C11H18N2O3. The standard InChI is InChI=1S/C11H18N2O3/c1-8-10(14)12(2)5-6-13(8)11(15)9-4-3-7-16-9/h8-9H,3-7H2,1-2H3. The highest BCUT2D eigenvalue weighted by molar-refractivity contribution is 5.90. The Morgan fingerprint density at radius 3 is 2.81 bits per heavy atom. The molecule has 5 nitrogen and oxygen atoms in total. The lowest BCUT2D eigenvalue weighted by molar-refractivity contribution is -0.154. The normalized spacial score (nSPS) is 31.0. The minimum Gasteiger partial charge on any atom is -0.368 e. The first kappa shape index (κ1) is 11.4. The maximum absolute atomic E-state index is 12.1. The van der Waals surface area contributed by atoms with Crippen LogP contribution in [0.1, 0.15) is 19.8 Å². The monoisotopic (exact) mass is 226 g/mol. The Morgan fingerprint density at radius 2 is 2.19 bits per heavy atom. The highest BCUT2D eigenvalue weighted by Crippen LogP contribution is 2.18. The topological polar surface area (TPSA) is 49.9 Å². The molecule has 0 aromatic carbocycles. The summed E-state index contributed by atoms with van der Waals surface area (Å²) in [5.74, 6) is -0.0101. The van der Waals surface area contributed by atoms with Crippen LogP contribution in [0.4, 0.5) is 0 Å². The van der Waals surface area contributed by atoms with Crippen molar-refractivity contribution in [2.45, 2.75) is 31.9 Å². The Kier molecular flexibility index (Phi) is 3.14. The van der Waals surface area contributed by atoms with Gasteiger partial charge in [0.15, 0.2) is 0 Å². The maximum atomic E-state index is 12.1. The first-order valence-corrected chi connectivity index (χ1v) is 5.78. The Bertz CT molecular complexity index is 300. The summed E-state index contributed by atoms with van der Waals surface area (Å²) in [6.07, 6.45) is 1.40. The highest BCUT2D eigenvalue weighted by atomic mass is 16.5. The summed E-state index contributed by atoms with van der Waals surface area (Å²) in [7, 11) is 1.77. The maximum Gasteiger partial charge on any atom is 0.252 e. The van der Waals surface area contributed by atoms with E-state index in [-0.39, 0.29) is 24.0 Å². The zero-order chi connectivity index (χ0) is 11.7. The summed E-state index contributed by atoms with van der Waals surface area (Å²) in [6, 6.07) is -0.351. The van der Waals surface area contributed by atoms with Crippen molar-refractivity contribution in [1.29, 1.82) is 0 Å². The largest absolute Gasteiger partial charge is 0.368 e. The predicted molar refractivity (Wildman–Crippen MR) is 57.8 cm³/mol. The molecular weight excluding hydrogens is 208 g/mol. The summed E-state index contributed by atoms with van der Waals surface area (Å²) in [6.45, 7) is 3.67. The SMILES string of the molecule is CC1C(=O)N(C)CCN1C(=O)C1CCCO1. The molecule has 90 valence electrons. The van der Waals surface area contributed by atoms with E-state index in [0.29, 0.717) is 19.7 Å². The quantitative estimate of drug-likeness (QED) is 0.625. The van der Waals surface area contributed by atoms with Gasteiger partial charge < -0.3 is 14.5 Å². The van der Waals surface area contributed by atoms with Crippen LogP contribution < -0.4 is 0 Å². The molecule has 0 radical (unpaired) electrons. The lowest BCUT2D eigenvalue weighted by Crippen LogP contribution is -2.58. The molecule has 2 heterocycles. The second-order valence-corrected chi connectivity index (χ2v) is 4.47. The molecule has 5 heteroatoms. The number of amides is 2. The molecule has 2 saturated heterocycles. The lowest BCUT2D eigenvalue weighted by Gasteiger charge is -2.38. The number of hydrogen-bond acceptors (Lipinski definition) is 3. The van der Waals surface area contributed by atoms with Crippen LogP contribution in [-0.4, -0.2) is 60.5 Å². The third kappa shape index (κ3) is 1.91. The zero-order valence-electron chi connectivity index (χ0n) is 9.81. The first-order valence-electron chi connectivity index (χ1n) is 5.78. The molecule has 2 rings (SSSR count). The fourth-order valence-electron chi connectivity index (χ4n) is 2.27. The Balaban J connectivity index is 2.03. The third-order valence-corrected chi connectivity index (χ3v) is 3.37. The molecule has 0 saturated carbocycles. The first-order chi connectivity index (χ1) is 7.61. The van der Waals surface area contributed by atoms with Crippen LogP contribution in [0.15, 0.2) is 0 Å². The number of nitrogens with zero attached hydrogens (tertiary/aromatic N) is 2. The molecule has 0 spiro atoms. The van der Waals surface area contributed by atoms with Crippen LogP contribution in [0.5, 0.6) is 0 Å². The molecule has 2 aliphatic rings. The van der Waals surface area contributed by atoms with E-state index in [2.05, 4.69) is 0 Å². The number of likely N-dealkylation sites (N-methyl/N-ethyl adjacent to an activating group) is 1. The van der Waals surface area contributed by atoms with Crippen LogP contribution in [0.25, 0.3) is 0 Å². The van der Waals surface area contributed by atoms with Crippen molar-refractivity contribution in [1.82, 2.24) is 9.80 Å². The van der Waals surface area contributed by atoms with Gasteiger partial charge in [-0.2, -0.15) is 0 Å². The molecule has 2 amide bonds. The smallest absolute Gasteiger partial charge is 0.252 e. The minimum absolute atomic E-state index is 0.0117. The molecule has 0 N–H and O–H groups in total. The van der Waals surface area contributed by atoms with E-state index in [9.17, 15) is 9.59 Å². The van der Waals surface area contributed by atoms with E-state index in [4.69, 9.17) is 4.74 Å². The van der Waals surface area contributed by atoms with Crippen molar-refractivity contribution in [3.63, 3.8) is 0 Å². The fourth-order valence-corrected chi connectivity index (χ4v) is 2.27. The van der Waals surface area contributed by atoms with Gasteiger partial charge in [0.1, 0.15) is 12.1 Å². The number of carbonyl (C=O) groups is 2. The number of carbonyl (C=O) groups excluding carboxylic acids is 2. The van der Waals surface area contributed by atoms with Crippen molar-refractivity contribution >= 4 is 11.8 Å². The molecule has 2 aliphatic heterocycles. The molecule has 16 heavy (non-hydrogen) atoms. The lowest BCUT2D eigenvalue weighted by atomic mass is 10.1. The van der Waals surface area contributed by atoms with Gasteiger partial charge in [0.25, 0.3) is 5.91 Å². The van der Waals surface area contributed by atoms with E-state index >= 15 is 0 Å². The van der Waals surface area contributed by atoms with Crippen LogP contribution in [0.3, 0.4) is 0 Å². The highest BCUT2D eigenvalue weighted by Gasteiger charge is 2.36. The molecule has 0 bridgehead atoms. The number of hydrogen-bond donors (Lipinski definition) is 0. The van der Waals surface area contributed by atoms with E-state index < -0.39 is 0 Å². The number of piperazine rings is 1. The second kappa shape index (κ2) is 4.41.